The van der Waals surface area contributed by atoms with Gasteiger partial charge in [-0.25, -0.2) is 0 Å². The van der Waals surface area contributed by atoms with Crippen LogP contribution in [0, 0.1) is 17.2 Å². The van der Waals surface area contributed by atoms with Gasteiger partial charge in [0.25, 0.3) is 11.8 Å². The minimum absolute atomic E-state index is 0.0302. The first-order valence-corrected chi connectivity index (χ1v) is 12.5. The van der Waals surface area contributed by atoms with Gasteiger partial charge in [-0.2, -0.15) is 10.3 Å². The summed E-state index contributed by atoms with van der Waals surface area (Å²) in [6, 6.07) is 10.8. The number of nitrogens with zero attached hydrogens (tertiary/aromatic N) is 4. The largest absolute Gasteiger partial charge is 0.497 e. The SMILES string of the molecule is CCC(C)C1N=C2NC(Oc3cc(C#N)ccc3OC)=NC(Oc3cc(OC)cc(C(=O)N(C)C)c3)=C2NC1=O. The molecule has 12 heteroatoms. The van der Waals surface area contributed by atoms with Crippen molar-refractivity contribution in [2.75, 3.05) is 28.3 Å². The van der Waals surface area contributed by atoms with Gasteiger partial charge in [0.2, 0.25) is 5.91 Å². The molecular weight excluding hydrogens is 516 g/mol. The van der Waals surface area contributed by atoms with Gasteiger partial charge < -0.3 is 29.2 Å². The van der Waals surface area contributed by atoms with E-state index in [9.17, 15) is 14.9 Å². The normalized spacial score (nSPS) is 16.7. The summed E-state index contributed by atoms with van der Waals surface area (Å²) in [6.07, 6.45) is 0.735. The Morgan fingerprint density at radius 2 is 1.82 bits per heavy atom. The predicted octanol–water partition coefficient (Wildman–Crippen LogP) is 2.81. The van der Waals surface area contributed by atoms with Gasteiger partial charge in [-0.15, -0.1) is 0 Å². The molecule has 0 fully saturated rings. The van der Waals surface area contributed by atoms with Crippen molar-refractivity contribution >= 4 is 23.7 Å². The van der Waals surface area contributed by atoms with Crippen LogP contribution in [0.3, 0.4) is 0 Å². The molecule has 0 radical (unpaired) electrons. The van der Waals surface area contributed by atoms with Crippen molar-refractivity contribution in [1.82, 2.24) is 15.5 Å². The molecule has 2 heterocycles. The van der Waals surface area contributed by atoms with Gasteiger partial charge >= 0.3 is 6.02 Å². The minimum atomic E-state index is -0.644. The topological polar surface area (TPSA) is 147 Å². The molecule has 0 spiro atoms. The van der Waals surface area contributed by atoms with E-state index in [2.05, 4.69) is 26.7 Å². The van der Waals surface area contributed by atoms with Crippen molar-refractivity contribution in [3.8, 4) is 29.1 Å². The van der Waals surface area contributed by atoms with E-state index in [-0.39, 0.29) is 52.7 Å². The number of hydrogen-bond acceptors (Lipinski definition) is 10. The van der Waals surface area contributed by atoms with Gasteiger partial charge in [-0.1, -0.05) is 20.3 Å². The summed E-state index contributed by atoms with van der Waals surface area (Å²) in [5.74, 6) is 0.891. The molecule has 2 aromatic carbocycles. The van der Waals surface area contributed by atoms with E-state index < -0.39 is 6.04 Å². The fourth-order valence-electron chi connectivity index (χ4n) is 3.95. The Balaban J connectivity index is 1.80. The van der Waals surface area contributed by atoms with Crippen LogP contribution in [0.5, 0.6) is 23.0 Å². The maximum atomic E-state index is 13.0. The molecule has 12 nitrogen and oxygen atoms in total. The third-order valence-corrected chi connectivity index (χ3v) is 6.33. The van der Waals surface area contributed by atoms with Crippen LogP contribution >= 0.6 is 0 Å². The zero-order chi connectivity index (χ0) is 29.0. The highest BCUT2D eigenvalue weighted by atomic mass is 16.5. The Morgan fingerprint density at radius 3 is 2.48 bits per heavy atom. The van der Waals surface area contributed by atoms with Crippen LogP contribution in [-0.2, 0) is 4.79 Å². The molecule has 40 heavy (non-hydrogen) atoms. The molecule has 2 atom stereocenters. The lowest BCUT2D eigenvalue weighted by molar-refractivity contribution is -0.122. The standard InChI is InChI=1S/C28H30N6O6/c1-7-15(2)22-25(35)31-23-24(30-22)32-28(40-21-10-16(14-29)8-9-20(21)38-6)33-26(23)39-19-12-17(27(36)34(3)4)11-18(13-19)37-5/h8-13,15,22H,7H2,1-6H3,(H,31,35)(H,30,32,33). The van der Waals surface area contributed by atoms with E-state index in [1.54, 1.807) is 44.4 Å². The molecule has 2 aromatic rings. The van der Waals surface area contributed by atoms with E-state index in [1.807, 2.05) is 13.8 Å². The number of amidine groups is 2. The van der Waals surface area contributed by atoms with Crippen LogP contribution in [0.1, 0.15) is 36.2 Å². The van der Waals surface area contributed by atoms with Crippen LogP contribution in [0.25, 0.3) is 0 Å². The number of nitriles is 1. The highest BCUT2D eigenvalue weighted by molar-refractivity contribution is 6.14. The van der Waals surface area contributed by atoms with Gasteiger partial charge in [0, 0.05) is 31.8 Å². The first kappa shape index (κ1) is 28.0. The molecule has 0 saturated heterocycles. The van der Waals surface area contributed by atoms with Gasteiger partial charge in [0.15, 0.2) is 17.3 Å². The lowest BCUT2D eigenvalue weighted by Gasteiger charge is -2.30. The molecule has 0 aliphatic carbocycles. The number of ether oxygens (including phenoxy) is 4. The van der Waals surface area contributed by atoms with Crippen LogP contribution < -0.4 is 29.6 Å². The Labute approximate surface area is 231 Å². The summed E-state index contributed by atoms with van der Waals surface area (Å²) in [5.41, 5.74) is 0.891. The number of nitrogens with one attached hydrogen (secondary N) is 2. The quantitative estimate of drug-likeness (QED) is 0.514. The fourth-order valence-corrected chi connectivity index (χ4v) is 3.95. The first-order valence-electron chi connectivity index (χ1n) is 12.5. The average molecular weight is 547 g/mol. The van der Waals surface area contributed by atoms with Crippen molar-refractivity contribution in [1.29, 1.82) is 5.26 Å². The smallest absolute Gasteiger partial charge is 0.304 e. The lowest BCUT2D eigenvalue weighted by atomic mass is 9.97. The number of benzene rings is 2. The highest BCUT2D eigenvalue weighted by Crippen LogP contribution is 2.31. The highest BCUT2D eigenvalue weighted by Gasteiger charge is 2.36. The van der Waals surface area contributed by atoms with Crippen LogP contribution in [0.15, 0.2) is 58.0 Å². The number of hydrogen-bond donors (Lipinski definition) is 2. The zero-order valence-electron chi connectivity index (χ0n) is 23.1. The molecule has 2 unspecified atom stereocenters. The van der Waals surface area contributed by atoms with Crippen LogP contribution in [-0.4, -0.2) is 62.9 Å². The third kappa shape index (κ3) is 5.83. The second kappa shape index (κ2) is 11.8. The number of methoxy groups -OCH3 is 2. The van der Waals surface area contributed by atoms with Crippen LogP contribution in [0.2, 0.25) is 0 Å². The number of fused-ring (bicyclic) bond motifs is 1. The Bertz CT molecular complexity index is 1470. The molecule has 0 saturated carbocycles. The summed E-state index contributed by atoms with van der Waals surface area (Å²) in [4.78, 5) is 36.1. The number of carbonyl (C=O) groups excluding carboxylic acids is 2. The minimum Gasteiger partial charge on any atom is -0.497 e. The van der Waals surface area contributed by atoms with Crippen molar-refractivity contribution < 1.29 is 28.5 Å². The number of amides is 2. The zero-order valence-corrected chi connectivity index (χ0v) is 23.1. The summed E-state index contributed by atoms with van der Waals surface area (Å²) < 4.78 is 22.9. The van der Waals surface area contributed by atoms with E-state index >= 15 is 0 Å². The van der Waals surface area contributed by atoms with Crippen molar-refractivity contribution in [3.63, 3.8) is 0 Å². The van der Waals surface area contributed by atoms with Gasteiger partial charge in [0.05, 0.1) is 25.9 Å². The van der Waals surface area contributed by atoms with Crippen molar-refractivity contribution in [2.24, 2.45) is 15.9 Å². The molecule has 0 aromatic heterocycles. The Morgan fingerprint density at radius 1 is 1.07 bits per heavy atom. The predicted molar refractivity (Wildman–Crippen MR) is 146 cm³/mol. The van der Waals surface area contributed by atoms with E-state index in [4.69, 9.17) is 18.9 Å². The van der Waals surface area contributed by atoms with E-state index in [0.29, 0.717) is 22.6 Å². The van der Waals surface area contributed by atoms with E-state index in [1.165, 1.54) is 25.2 Å². The molecule has 2 amide bonds. The summed E-state index contributed by atoms with van der Waals surface area (Å²) in [6.45, 7) is 3.92. The second-order valence-electron chi connectivity index (χ2n) is 9.30. The summed E-state index contributed by atoms with van der Waals surface area (Å²) >= 11 is 0. The average Bonchev–Trinajstić information content (AvgIpc) is 2.96. The fraction of sp³-hybridized carbons (Fsp3) is 0.321. The number of rotatable bonds is 8. The second-order valence-corrected chi connectivity index (χ2v) is 9.30. The van der Waals surface area contributed by atoms with Gasteiger partial charge in [-0.3, -0.25) is 19.9 Å². The van der Waals surface area contributed by atoms with Crippen molar-refractivity contribution in [2.45, 2.75) is 26.3 Å². The maximum Gasteiger partial charge on any atom is 0.304 e. The first-order chi connectivity index (χ1) is 19.2. The van der Waals surface area contributed by atoms with Gasteiger partial charge in [-0.05, 0) is 30.2 Å². The maximum absolute atomic E-state index is 13.0. The molecule has 2 N–H and O–H groups in total. The lowest BCUT2D eigenvalue weighted by Crippen LogP contribution is -2.52. The monoisotopic (exact) mass is 546 g/mol. The Hall–Kier alpha value is -5.05. The molecule has 208 valence electrons. The molecule has 4 rings (SSSR count). The van der Waals surface area contributed by atoms with Gasteiger partial charge in [0.1, 0.15) is 23.2 Å². The van der Waals surface area contributed by atoms with Crippen LogP contribution in [0.4, 0.5) is 0 Å². The third-order valence-electron chi connectivity index (χ3n) is 6.33. The number of carbonyl (C=O) groups is 2. The summed E-state index contributed by atoms with van der Waals surface area (Å²) in [7, 11) is 6.22. The Kier molecular flexibility index (Phi) is 8.23. The van der Waals surface area contributed by atoms with E-state index in [0.717, 1.165) is 6.42 Å². The molecule has 2 aliphatic heterocycles. The molecular formula is C28H30N6O6. The summed E-state index contributed by atoms with van der Waals surface area (Å²) in [5, 5.41) is 15.2. The van der Waals surface area contributed by atoms with Crippen molar-refractivity contribution in [3.05, 3.63) is 59.1 Å². The molecule has 0 bridgehead atoms. The number of aliphatic imine (C=N–C) groups is 2. The molecule has 2 aliphatic rings.